The van der Waals surface area contributed by atoms with Gasteiger partial charge in [-0.05, 0) is 31.2 Å². The second-order valence-corrected chi connectivity index (χ2v) is 4.50. The highest BCUT2D eigenvalue weighted by molar-refractivity contribution is 5.40. The molecule has 1 unspecified atom stereocenters. The second kappa shape index (κ2) is 7.01. The summed E-state index contributed by atoms with van der Waals surface area (Å²) in [5, 5.41) is 3.34. The molecule has 0 saturated carbocycles. The number of nitrogens with zero attached hydrogens (tertiary/aromatic N) is 1. The van der Waals surface area contributed by atoms with Gasteiger partial charge in [0.15, 0.2) is 0 Å². The quantitative estimate of drug-likeness (QED) is 0.877. The van der Waals surface area contributed by atoms with Crippen LogP contribution >= 0.6 is 0 Å². The van der Waals surface area contributed by atoms with Crippen LogP contribution in [0.4, 0.5) is 4.39 Å². The molecule has 1 atom stereocenters. The minimum absolute atomic E-state index is 0.313. The Morgan fingerprint density at radius 2 is 2.05 bits per heavy atom. The van der Waals surface area contributed by atoms with Crippen LogP contribution in [0.3, 0.4) is 0 Å². The highest BCUT2D eigenvalue weighted by atomic mass is 19.1. The van der Waals surface area contributed by atoms with E-state index in [1.54, 1.807) is 19.4 Å². The topological polar surface area (TPSA) is 34.1 Å². The molecule has 0 saturated heterocycles. The number of rotatable bonds is 6. The molecule has 0 aliphatic rings. The van der Waals surface area contributed by atoms with Crippen LogP contribution in [0.15, 0.2) is 42.6 Å². The van der Waals surface area contributed by atoms with Crippen molar-refractivity contribution < 1.29 is 9.13 Å². The molecule has 0 bridgehead atoms. The molecule has 0 aliphatic carbocycles. The summed E-state index contributed by atoms with van der Waals surface area (Å²) >= 11 is 0. The number of nitrogens with one attached hydrogen (secondary N) is 1. The first-order valence-corrected chi connectivity index (χ1v) is 6.74. The van der Waals surface area contributed by atoms with Crippen LogP contribution in [0.5, 0.6) is 5.75 Å². The zero-order chi connectivity index (χ0) is 14.4. The highest BCUT2D eigenvalue weighted by Gasteiger charge is 2.21. The van der Waals surface area contributed by atoms with Crippen LogP contribution in [-0.4, -0.2) is 18.6 Å². The van der Waals surface area contributed by atoms with E-state index in [0.29, 0.717) is 5.69 Å². The van der Waals surface area contributed by atoms with Gasteiger partial charge in [0.25, 0.3) is 0 Å². The number of hydrogen-bond donors (Lipinski definition) is 1. The second-order valence-electron chi connectivity index (χ2n) is 4.50. The van der Waals surface area contributed by atoms with Crippen molar-refractivity contribution in [2.45, 2.75) is 19.4 Å². The van der Waals surface area contributed by atoms with Gasteiger partial charge in [-0.15, -0.1) is 0 Å². The first-order chi connectivity index (χ1) is 9.77. The van der Waals surface area contributed by atoms with Gasteiger partial charge in [-0.2, -0.15) is 0 Å². The highest BCUT2D eigenvalue weighted by Crippen LogP contribution is 2.29. The SMILES string of the molecule is CCCNC(c1ccccc1OC)c1ncccc1F. The molecule has 1 heterocycles. The van der Waals surface area contributed by atoms with Gasteiger partial charge in [-0.3, -0.25) is 4.98 Å². The summed E-state index contributed by atoms with van der Waals surface area (Å²) in [5.74, 6) is 0.415. The molecule has 106 valence electrons. The summed E-state index contributed by atoms with van der Waals surface area (Å²) in [6, 6.07) is 10.3. The van der Waals surface area contributed by atoms with Crippen molar-refractivity contribution in [3.05, 3.63) is 59.7 Å². The van der Waals surface area contributed by atoms with Crippen LogP contribution in [-0.2, 0) is 0 Å². The zero-order valence-corrected chi connectivity index (χ0v) is 11.8. The van der Waals surface area contributed by atoms with Gasteiger partial charge in [0, 0.05) is 11.8 Å². The molecule has 0 amide bonds. The summed E-state index contributed by atoms with van der Waals surface area (Å²) in [6.45, 7) is 2.85. The Balaban J connectivity index is 2.44. The molecular formula is C16H19FN2O. The van der Waals surface area contributed by atoms with Crippen LogP contribution in [0, 0.1) is 5.82 Å². The summed E-state index contributed by atoms with van der Waals surface area (Å²) in [4.78, 5) is 4.19. The predicted molar refractivity (Wildman–Crippen MR) is 77.3 cm³/mol. The van der Waals surface area contributed by atoms with E-state index < -0.39 is 0 Å². The lowest BCUT2D eigenvalue weighted by Crippen LogP contribution is -2.25. The van der Waals surface area contributed by atoms with Gasteiger partial charge in [0.2, 0.25) is 0 Å². The van der Waals surface area contributed by atoms with E-state index >= 15 is 0 Å². The van der Waals surface area contributed by atoms with Crippen LogP contribution in [0.1, 0.15) is 30.6 Å². The lowest BCUT2D eigenvalue weighted by molar-refractivity contribution is 0.402. The predicted octanol–water partition coefficient (Wildman–Crippen LogP) is 3.32. The molecule has 0 fully saturated rings. The maximum atomic E-state index is 14.0. The van der Waals surface area contributed by atoms with Crippen molar-refractivity contribution in [2.24, 2.45) is 0 Å². The van der Waals surface area contributed by atoms with E-state index in [4.69, 9.17) is 4.74 Å². The number of para-hydroxylation sites is 1. The van der Waals surface area contributed by atoms with Crippen molar-refractivity contribution in [1.82, 2.24) is 10.3 Å². The molecule has 2 rings (SSSR count). The zero-order valence-electron chi connectivity index (χ0n) is 11.8. The van der Waals surface area contributed by atoms with E-state index in [9.17, 15) is 4.39 Å². The van der Waals surface area contributed by atoms with E-state index in [-0.39, 0.29) is 11.9 Å². The van der Waals surface area contributed by atoms with E-state index in [2.05, 4.69) is 17.2 Å². The number of benzene rings is 1. The third-order valence-corrected chi connectivity index (χ3v) is 3.11. The van der Waals surface area contributed by atoms with Crippen molar-refractivity contribution in [3.8, 4) is 5.75 Å². The van der Waals surface area contributed by atoms with Crippen LogP contribution < -0.4 is 10.1 Å². The molecule has 0 aliphatic heterocycles. The van der Waals surface area contributed by atoms with Crippen molar-refractivity contribution in [3.63, 3.8) is 0 Å². The number of halogens is 1. The van der Waals surface area contributed by atoms with Gasteiger partial charge in [-0.25, -0.2) is 4.39 Å². The standard InChI is InChI=1S/C16H19FN2O/c1-3-10-18-15(16-13(17)8-6-11-19-16)12-7-4-5-9-14(12)20-2/h4-9,11,15,18H,3,10H2,1-2H3. The first kappa shape index (κ1) is 14.5. The fraction of sp³-hybridized carbons (Fsp3) is 0.312. The lowest BCUT2D eigenvalue weighted by atomic mass is 10.0. The fourth-order valence-electron chi connectivity index (χ4n) is 2.16. The molecule has 1 N–H and O–H groups in total. The molecule has 20 heavy (non-hydrogen) atoms. The van der Waals surface area contributed by atoms with Crippen LogP contribution in [0.25, 0.3) is 0 Å². The summed E-state index contributed by atoms with van der Waals surface area (Å²) < 4.78 is 19.4. The van der Waals surface area contributed by atoms with E-state index in [1.807, 2.05) is 24.3 Å². The molecule has 0 radical (unpaired) electrons. The summed E-state index contributed by atoms with van der Waals surface area (Å²) in [7, 11) is 1.62. The minimum atomic E-state index is -0.313. The molecule has 0 spiro atoms. The lowest BCUT2D eigenvalue weighted by Gasteiger charge is -2.21. The maximum absolute atomic E-state index is 14.0. The smallest absolute Gasteiger partial charge is 0.146 e. The third kappa shape index (κ3) is 3.14. The maximum Gasteiger partial charge on any atom is 0.146 e. The number of aromatic nitrogens is 1. The summed E-state index contributed by atoms with van der Waals surface area (Å²) in [5.41, 5.74) is 1.28. The Labute approximate surface area is 118 Å². The Kier molecular flexibility index (Phi) is 5.07. The molecular weight excluding hydrogens is 255 g/mol. The van der Waals surface area contributed by atoms with Gasteiger partial charge in [0.1, 0.15) is 11.6 Å². The van der Waals surface area contributed by atoms with E-state index in [0.717, 1.165) is 24.3 Å². The fourth-order valence-corrected chi connectivity index (χ4v) is 2.16. The van der Waals surface area contributed by atoms with Crippen molar-refractivity contribution >= 4 is 0 Å². The Morgan fingerprint density at radius 3 is 2.75 bits per heavy atom. The van der Waals surface area contributed by atoms with Gasteiger partial charge < -0.3 is 10.1 Å². The van der Waals surface area contributed by atoms with Gasteiger partial charge in [-0.1, -0.05) is 25.1 Å². The van der Waals surface area contributed by atoms with Gasteiger partial charge >= 0.3 is 0 Å². The summed E-state index contributed by atoms with van der Waals surface area (Å²) in [6.07, 6.45) is 2.56. The van der Waals surface area contributed by atoms with Crippen molar-refractivity contribution in [1.29, 1.82) is 0 Å². The third-order valence-electron chi connectivity index (χ3n) is 3.11. The Hall–Kier alpha value is -1.94. The average Bonchev–Trinajstić information content (AvgIpc) is 2.49. The van der Waals surface area contributed by atoms with Crippen molar-refractivity contribution in [2.75, 3.05) is 13.7 Å². The Morgan fingerprint density at radius 1 is 1.25 bits per heavy atom. The number of ether oxygens (including phenoxy) is 1. The molecule has 1 aromatic carbocycles. The normalized spacial score (nSPS) is 12.2. The Bertz CT molecular complexity index is 560. The number of pyridine rings is 1. The van der Waals surface area contributed by atoms with Gasteiger partial charge in [0.05, 0.1) is 18.8 Å². The molecule has 3 nitrogen and oxygen atoms in total. The first-order valence-electron chi connectivity index (χ1n) is 6.74. The largest absolute Gasteiger partial charge is 0.496 e. The molecule has 4 heteroatoms. The van der Waals surface area contributed by atoms with E-state index in [1.165, 1.54) is 6.07 Å². The molecule has 1 aromatic heterocycles. The molecule has 2 aromatic rings. The average molecular weight is 274 g/mol. The minimum Gasteiger partial charge on any atom is -0.496 e. The van der Waals surface area contributed by atoms with Crippen LogP contribution in [0.2, 0.25) is 0 Å². The number of hydrogen-bond acceptors (Lipinski definition) is 3. The monoisotopic (exact) mass is 274 g/mol. The number of methoxy groups -OCH3 is 1.